The zero-order chi connectivity index (χ0) is 11.4. The number of halogens is 1. The molecule has 0 amide bonds. The molecule has 1 aromatic heterocycles. The van der Waals surface area contributed by atoms with Crippen LogP contribution in [0.2, 0.25) is 0 Å². The van der Waals surface area contributed by atoms with Crippen molar-refractivity contribution in [3.8, 4) is 0 Å². The molecule has 0 aliphatic rings. The Bertz CT molecular complexity index is 456. The van der Waals surface area contributed by atoms with Gasteiger partial charge >= 0.3 is 0 Å². The van der Waals surface area contributed by atoms with E-state index in [0.717, 1.165) is 17.2 Å². The fraction of sp³-hybridized carbons (Fsp3) is 0.182. The second kappa shape index (κ2) is 5.03. The molecule has 1 heterocycles. The maximum absolute atomic E-state index is 12.8. The van der Waals surface area contributed by atoms with Gasteiger partial charge in [0.25, 0.3) is 0 Å². The lowest BCUT2D eigenvalue weighted by Gasteiger charge is -2.05. The monoisotopic (exact) mass is 237 g/mol. The Morgan fingerprint density at radius 2 is 2.31 bits per heavy atom. The molecule has 0 radical (unpaired) electrons. The van der Waals surface area contributed by atoms with Crippen LogP contribution in [0, 0.1) is 5.82 Å². The summed E-state index contributed by atoms with van der Waals surface area (Å²) >= 11 is 1.60. The molecule has 0 saturated heterocycles. The van der Waals surface area contributed by atoms with Crippen LogP contribution in [-0.4, -0.2) is 15.5 Å². The van der Waals surface area contributed by atoms with Crippen molar-refractivity contribution in [1.82, 2.24) is 9.78 Å². The van der Waals surface area contributed by atoms with Crippen LogP contribution in [0.4, 0.5) is 10.1 Å². The Hall–Kier alpha value is -1.49. The molecule has 0 spiro atoms. The average molecular weight is 237 g/mol. The van der Waals surface area contributed by atoms with Crippen molar-refractivity contribution in [3.63, 3.8) is 0 Å². The molecule has 0 fully saturated rings. The number of thioether (sulfide) groups is 1. The van der Waals surface area contributed by atoms with E-state index in [1.165, 1.54) is 12.1 Å². The lowest BCUT2D eigenvalue weighted by molar-refractivity contribution is 0.627. The number of rotatable bonds is 4. The summed E-state index contributed by atoms with van der Waals surface area (Å²) in [6.07, 6.45) is 3.66. The molecule has 0 atom stereocenters. The minimum Gasteiger partial charge on any atom is -0.398 e. The van der Waals surface area contributed by atoms with E-state index in [1.807, 2.05) is 16.9 Å². The summed E-state index contributed by atoms with van der Waals surface area (Å²) in [6, 6.07) is 6.36. The van der Waals surface area contributed by atoms with Gasteiger partial charge < -0.3 is 5.73 Å². The second-order valence-electron chi connectivity index (χ2n) is 3.30. The van der Waals surface area contributed by atoms with E-state index in [4.69, 9.17) is 5.73 Å². The van der Waals surface area contributed by atoms with Crippen molar-refractivity contribution in [2.45, 2.75) is 11.4 Å². The van der Waals surface area contributed by atoms with Gasteiger partial charge in [-0.1, -0.05) is 0 Å². The highest BCUT2D eigenvalue weighted by molar-refractivity contribution is 7.99. The van der Waals surface area contributed by atoms with E-state index in [-0.39, 0.29) is 5.82 Å². The van der Waals surface area contributed by atoms with Crippen molar-refractivity contribution < 1.29 is 4.39 Å². The van der Waals surface area contributed by atoms with Crippen molar-refractivity contribution in [2.24, 2.45) is 0 Å². The van der Waals surface area contributed by atoms with E-state index in [9.17, 15) is 4.39 Å². The highest BCUT2D eigenvalue weighted by atomic mass is 32.2. The molecule has 3 nitrogen and oxygen atoms in total. The Morgan fingerprint density at radius 3 is 3.00 bits per heavy atom. The molecule has 16 heavy (non-hydrogen) atoms. The summed E-state index contributed by atoms with van der Waals surface area (Å²) in [7, 11) is 0. The highest BCUT2D eigenvalue weighted by Gasteiger charge is 2.01. The van der Waals surface area contributed by atoms with Gasteiger partial charge in [0.2, 0.25) is 0 Å². The van der Waals surface area contributed by atoms with Crippen LogP contribution in [0.15, 0.2) is 41.6 Å². The van der Waals surface area contributed by atoms with Gasteiger partial charge in [0.05, 0.1) is 6.54 Å². The highest BCUT2D eigenvalue weighted by Crippen LogP contribution is 2.25. The molecule has 0 aliphatic heterocycles. The number of hydrogen-bond acceptors (Lipinski definition) is 3. The maximum Gasteiger partial charge on any atom is 0.125 e. The summed E-state index contributed by atoms with van der Waals surface area (Å²) < 4.78 is 14.6. The number of nitrogen functional groups attached to an aromatic ring is 1. The number of anilines is 1. The van der Waals surface area contributed by atoms with Crippen LogP contribution in [0.3, 0.4) is 0 Å². The predicted octanol–water partition coefficient (Wildman–Crippen LogP) is 2.40. The van der Waals surface area contributed by atoms with Gasteiger partial charge in [0.15, 0.2) is 0 Å². The summed E-state index contributed by atoms with van der Waals surface area (Å²) in [4.78, 5) is 0.911. The van der Waals surface area contributed by atoms with Crippen molar-refractivity contribution >= 4 is 17.4 Å². The molecule has 84 valence electrons. The maximum atomic E-state index is 12.8. The fourth-order valence-electron chi connectivity index (χ4n) is 1.33. The van der Waals surface area contributed by atoms with Crippen molar-refractivity contribution in [2.75, 3.05) is 11.5 Å². The van der Waals surface area contributed by atoms with Crippen LogP contribution >= 0.6 is 11.8 Å². The summed E-state index contributed by atoms with van der Waals surface area (Å²) in [5.74, 6) is 0.561. The van der Waals surface area contributed by atoms with Gasteiger partial charge in [-0.05, 0) is 24.3 Å². The third kappa shape index (κ3) is 2.76. The molecular formula is C11H12FN3S. The number of aryl methyl sites for hydroxylation is 1. The average Bonchev–Trinajstić information content (AvgIpc) is 2.74. The third-order valence-electron chi connectivity index (χ3n) is 2.11. The van der Waals surface area contributed by atoms with E-state index in [2.05, 4.69) is 5.10 Å². The van der Waals surface area contributed by atoms with E-state index >= 15 is 0 Å². The molecular weight excluding hydrogens is 225 g/mol. The molecule has 0 unspecified atom stereocenters. The van der Waals surface area contributed by atoms with Crippen LogP contribution in [-0.2, 0) is 6.54 Å². The summed E-state index contributed by atoms with van der Waals surface area (Å²) in [5.41, 5.74) is 6.19. The molecule has 1 aromatic carbocycles. The van der Waals surface area contributed by atoms with Crippen molar-refractivity contribution in [1.29, 1.82) is 0 Å². The first kappa shape index (κ1) is 11.0. The molecule has 2 rings (SSSR count). The van der Waals surface area contributed by atoms with Gasteiger partial charge in [-0.25, -0.2) is 4.39 Å². The lowest BCUT2D eigenvalue weighted by Crippen LogP contribution is -2.00. The van der Waals surface area contributed by atoms with Gasteiger partial charge in [-0.15, -0.1) is 11.8 Å². The van der Waals surface area contributed by atoms with Gasteiger partial charge in [0.1, 0.15) is 5.82 Å². The molecule has 5 heteroatoms. The topological polar surface area (TPSA) is 43.8 Å². The van der Waals surface area contributed by atoms with Crippen LogP contribution < -0.4 is 5.73 Å². The lowest BCUT2D eigenvalue weighted by atomic mass is 10.3. The Labute approximate surface area is 97.5 Å². The first-order valence-corrected chi connectivity index (χ1v) is 5.89. The van der Waals surface area contributed by atoms with Gasteiger partial charge in [-0.2, -0.15) is 5.10 Å². The zero-order valence-corrected chi connectivity index (χ0v) is 9.45. The zero-order valence-electron chi connectivity index (χ0n) is 8.64. The normalized spacial score (nSPS) is 10.6. The summed E-state index contributed by atoms with van der Waals surface area (Å²) in [5, 5.41) is 4.10. The van der Waals surface area contributed by atoms with Crippen molar-refractivity contribution in [3.05, 3.63) is 42.5 Å². The van der Waals surface area contributed by atoms with Gasteiger partial charge in [-0.3, -0.25) is 4.68 Å². The largest absolute Gasteiger partial charge is 0.398 e. The van der Waals surface area contributed by atoms with Crippen LogP contribution in [0.5, 0.6) is 0 Å². The smallest absolute Gasteiger partial charge is 0.125 e. The number of benzene rings is 1. The minimum absolute atomic E-state index is 0.297. The first-order valence-electron chi connectivity index (χ1n) is 4.91. The van der Waals surface area contributed by atoms with Gasteiger partial charge in [0, 0.05) is 28.7 Å². The van der Waals surface area contributed by atoms with E-state index in [1.54, 1.807) is 24.0 Å². The molecule has 2 aromatic rings. The number of nitrogens with two attached hydrogens (primary N) is 1. The minimum atomic E-state index is -0.297. The number of nitrogens with zero attached hydrogens (tertiary/aromatic N) is 2. The SMILES string of the molecule is Nc1cc(F)ccc1SCCn1cccn1. The Kier molecular flexibility index (Phi) is 3.46. The molecule has 0 aliphatic carbocycles. The summed E-state index contributed by atoms with van der Waals surface area (Å²) in [6.45, 7) is 0.814. The molecule has 2 N–H and O–H groups in total. The molecule has 0 bridgehead atoms. The van der Waals surface area contributed by atoms with E-state index in [0.29, 0.717) is 5.69 Å². The van der Waals surface area contributed by atoms with Crippen LogP contribution in [0.1, 0.15) is 0 Å². The predicted molar refractivity (Wildman–Crippen MR) is 63.8 cm³/mol. The third-order valence-corrected chi connectivity index (χ3v) is 3.18. The van der Waals surface area contributed by atoms with Crippen LogP contribution in [0.25, 0.3) is 0 Å². The molecule has 0 saturated carbocycles. The number of aromatic nitrogens is 2. The Morgan fingerprint density at radius 1 is 1.44 bits per heavy atom. The quantitative estimate of drug-likeness (QED) is 0.656. The first-order chi connectivity index (χ1) is 7.75. The fourth-order valence-corrected chi connectivity index (χ4v) is 2.22. The number of hydrogen-bond donors (Lipinski definition) is 1. The van der Waals surface area contributed by atoms with E-state index < -0.39 is 0 Å². The standard InChI is InChI=1S/C11H12FN3S/c12-9-2-3-11(10(13)8-9)16-7-6-15-5-1-4-14-15/h1-5,8H,6-7,13H2. The second-order valence-corrected chi connectivity index (χ2v) is 4.44. The Balaban J connectivity index is 1.90.